The molecule has 0 heterocycles. The van der Waals surface area contributed by atoms with Gasteiger partial charge < -0.3 is 20.9 Å². The first-order chi connectivity index (χ1) is 14.1. The predicted molar refractivity (Wildman–Crippen MR) is 120 cm³/mol. The van der Waals surface area contributed by atoms with E-state index in [1.807, 2.05) is 30.3 Å². The third-order valence-electron chi connectivity index (χ3n) is 4.65. The topological polar surface area (TPSA) is 68.8 Å². The molecule has 2 aromatic rings. The summed E-state index contributed by atoms with van der Waals surface area (Å²) >= 11 is 0. The van der Waals surface area contributed by atoms with Crippen LogP contribution in [0.1, 0.15) is 27.9 Å². The monoisotopic (exact) mass is 395 g/mol. The van der Waals surface area contributed by atoms with Crippen LogP contribution in [0, 0.1) is 0 Å². The van der Waals surface area contributed by atoms with Crippen molar-refractivity contribution in [3.05, 3.63) is 71.3 Å². The van der Waals surface area contributed by atoms with Crippen molar-refractivity contribution in [2.45, 2.75) is 19.4 Å². The molecule has 1 amide bonds. The summed E-state index contributed by atoms with van der Waals surface area (Å²) in [4.78, 5) is 18.3. The molecule has 156 valence electrons. The van der Waals surface area contributed by atoms with Crippen molar-refractivity contribution in [2.24, 2.45) is 4.99 Å². The number of carbonyl (C=O) groups excluding carboxylic acids is 1. The first-order valence-electron chi connectivity index (χ1n) is 10.1. The predicted octanol–water partition coefficient (Wildman–Crippen LogP) is 2.28. The lowest BCUT2D eigenvalue weighted by atomic mass is 10.1. The molecule has 0 bridgehead atoms. The number of hydrogen-bond acceptors (Lipinski definition) is 3. The molecule has 0 saturated heterocycles. The molecule has 0 aromatic heterocycles. The van der Waals surface area contributed by atoms with Gasteiger partial charge in [-0.2, -0.15) is 0 Å². The van der Waals surface area contributed by atoms with E-state index in [1.165, 1.54) is 5.56 Å². The fraction of sp³-hybridized carbons (Fsp3) is 0.391. The van der Waals surface area contributed by atoms with Crippen LogP contribution in [0.2, 0.25) is 0 Å². The smallest absolute Gasteiger partial charge is 0.251 e. The van der Waals surface area contributed by atoms with Gasteiger partial charge >= 0.3 is 0 Å². The highest BCUT2D eigenvalue weighted by atomic mass is 16.1. The van der Waals surface area contributed by atoms with E-state index in [0.29, 0.717) is 5.56 Å². The summed E-state index contributed by atoms with van der Waals surface area (Å²) in [7, 11) is 5.57. The Bertz CT molecular complexity index is 776. The number of nitrogens with zero attached hydrogens (tertiary/aromatic N) is 2. The molecule has 0 atom stereocenters. The Morgan fingerprint density at radius 1 is 1.00 bits per heavy atom. The molecule has 0 unspecified atom stereocenters. The van der Waals surface area contributed by atoms with Crippen molar-refractivity contribution in [1.82, 2.24) is 20.9 Å². The number of hydrogen-bond donors (Lipinski definition) is 3. The lowest BCUT2D eigenvalue weighted by Gasteiger charge is -2.17. The normalized spacial score (nSPS) is 11.4. The highest BCUT2D eigenvalue weighted by Gasteiger charge is 2.04. The Morgan fingerprint density at radius 3 is 2.45 bits per heavy atom. The second-order valence-corrected chi connectivity index (χ2v) is 7.03. The summed E-state index contributed by atoms with van der Waals surface area (Å²) in [5, 5.41) is 9.35. The largest absolute Gasteiger partial charge is 0.356 e. The average Bonchev–Trinajstić information content (AvgIpc) is 2.75. The number of benzene rings is 2. The Labute approximate surface area is 174 Å². The quantitative estimate of drug-likeness (QED) is 0.328. The first-order valence-corrected chi connectivity index (χ1v) is 10.1. The third kappa shape index (κ3) is 8.35. The summed E-state index contributed by atoms with van der Waals surface area (Å²) in [5.41, 5.74) is 3.14. The second kappa shape index (κ2) is 12.6. The lowest BCUT2D eigenvalue weighted by Crippen LogP contribution is -2.39. The highest BCUT2D eigenvalue weighted by molar-refractivity contribution is 5.94. The van der Waals surface area contributed by atoms with E-state index in [1.54, 1.807) is 14.1 Å². The van der Waals surface area contributed by atoms with Gasteiger partial charge in [-0.15, -0.1) is 0 Å². The summed E-state index contributed by atoms with van der Waals surface area (Å²) < 4.78 is 0. The Hall–Kier alpha value is -2.86. The van der Waals surface area contributed by atoms with Gasteiger partial charge in [0.15, 0.2) is 5.96 Å². The van der Waals surface area contributed by atoms with Crippen LogP contribution in [0.25, 0.3) is 0 Å². The summed E-state index contributed by atoms with van der Waals surface area (Å²) in [6.45, 7) is 3.60. The molecule has 0 aliphatic heterocycles. The van der Waals surface area contributed by atoms with Crippen molar-refractivity contribution < 1.29 is 4.79 Å². The SMILES string of the molecule is CN=C(NCCCN(C)Cc1ccccc1)NCCc1cccc(C(=O)NC)c1. The Balaban J connectivity index is 1.64. The zero-order valence-corrected chi connectivity index (χ0v) is 17.7. The number of rotatable bonds is 10. The van der Waals surface area contributed by atoms with Gasteiger partial charge in [-0.25, -0.2) is 0 Å². The van der Waals surface area contributed by atoms with Crippen LogP contribution in [0.4, 0.5) is 0 Å². The van der Waals surface area contributed by atoms with Crippen LogP contribution in [0.15, 0.2) is 59.6 Å². The van der Waals surface area contributed by atoms with Crippen LogP contribution >= 0.6 is 0 Å². The molecule has 2 rings (SSSR count). The maximum Gasteiger partial charge on any atom is 0.251 e. The zero-order valence-electron chi connectivity index (χ0n) is 17.7. The van der Waals surface area contributed by atoms with Crippen molar-refractivity contribution >= 4 is 11.9 Å². The van der Waals surface area contributed by atoms with Gasteiger partial charge in [0.1, 0.15) is 0 Å². The Kier molecular flexibility index (Phi) is 9.72. The van der Waals surface area contributed by atoms with Gasteiger partial charge in [-0.1, -0.05) is 42.5 Å². The zero-order chi connectivity index (χ0) is 20.9. The third-order valence-corrected chi connectivity index (χ3v) is 4.65. The average molecular weight is 396 g/mol. The van der Waals surface area contributed by atoms with Crippen LogP contribution in [0.5, 0.6) is 0 Å². The number of aliphatic imine (C=N–C) groups is 1. The van der Waals surface area contributed by atoms with E-state index >= 15 is 0 Å². The van der Waals surface area contributed by atoms with E-state index in [2.05, 4.69) is 57.2 Å². The first kappa shape index (κ1) is 22.4. The molecule has 6 nitrogen and oxygen atoms in total. The molecule has 2 aromatic carbocycles. The minimum absolute atomic E-state index is 0.0606. The van der Waals surface area contributed by atoms with Gasteiger partial charge in [0, 0.05) is 39.3 Å². The molecule has 0 radical (unpaired) electrons. The Morgan fingerprint density at radius 2 is 1.72 bits per heavy atom. The molecule has 0 aliphatic carbocycles. The molecule has 0 aliphatic rings. The molecule has 29 heavy (non-hydrogen) atoms. The number of nitrogens with one attached hydrogen (secondary N) is 3. The van der Waals surface area contributed by atoms with Crippen LogP contribution in [0.3, 0.4) is 0 Å². The van der Waals surface area contributed by atoms with E-state index in [4.69, 9.17) is 0 Å². The van der Waals surface area contributed by atoms with E-state index in [0.717, 1.165) is 50.5 Å². The molecular weight excluding hydrogens is 362 g/mol. The summed E-state index contributed by atoms with van der Waals surface area (Å²) in [5.74, 6) is 0.743. The fourth-order valence-electron chi connectivity index (χ4n) is 3.09. The van der Waals surface area contributed by atoms with Crippen molar-refractivity contribution in [3.63, 3.8) is 0 Å². The molecule has 3 N–H and O–H groups in total. The molecular formula is C23H33N5O. The molecule has 6 heteroatoms. The minimum atomic E-state index is -0.0606. The summed E-state index contributed by atoms with van der Waals surface area (Å²) in [6.07, 6.45) is 1.86. The van der Waals surface area contributed by atoms with Gasteiger partial charge in [0.25, 0.3) is 5.91 Å². The maximum atomic E-state index is 11.7. The van der Waals surface area contributed by atoms with Crippen molar-refractivity contribution in [1.29, 1.82) is 0 Å². The molecule has 0 saturated carbocycles. The number of amides is 1. The molecule has 0 spiro atoms. The van der Waals surface area contributed by atoms with E-state index in [-0.39, 0.29) is 5.91 Å². The minimum Gasteiger partial charge on any atom is -0.356 e. The van der Waals surface area contributed by atoms with Crippen molar-refractivity contribution in [2.75, 3.05) is 40.8 Å². The highest BCUT2D eigenvalue weighted by Crippen LogP contribution is 2.06. The van der Waals surface area contributed by atoms with Crippen LogP contribution in [-0.4, -0.2) is 57.5 Å². The van der Waals surface area contributed by atoms with Crippen LogP contribution in [-0.2, 0) is 13.0 Å². The van der Waals surface area contributed by atoms with E-state index < -0.39 is 0 Å². The van der Waals surface area contributed by atoms with Crippen molar-refractivity contribution in [3.8, 4) is 0 Å². The second-order valence-electron chi connectivity index (χ2n) is 7.03. The maximum absolute atomic E-state index is 11.7. The number of carbonyl (C=O) groups is 1. The van der Waals surface area contributed by atoms with Crippen LogP contribution < -0.4 is 16.0 Å². The standard InChI is InChI=1S/C23H33N5O/c1-24-22(29)21-12-7-11-19(17-21)13-15-27-23(25-2)26-14-8-16-28(3)18-20-9-5-4-6-10-20/h4-7,9-12,17H,8,13-16,18H2,1-3H3,(H,24,29)(H2,25,26,27). The van der Waals surface area contributed by atoms with Gasteiger partial charge in [-0.05, 0) is 49.7 Å². The van der Waals surface area contributed by atoms with Gasteiger partial charge in [0.05, 0.1) is 0 Å². The molecule has 0 fully saturated rings. The van der Waals surface area contributed by atoms with E-state index in [9.17, 15) is 4.79 Å². The lowest BCUT2D eigenvalue weighted by molar-refractivity contribution is 0.0963. The summed E-state index contributed by atoms with van der Waals surface area (Å²) in [6, 6.07) is 18.2. The fourth-order valence-corrected chi connectivity index (χ4v) is 3.09. The van der Waals surface area contributed by atoms with Gasteiger partial charge in [-0.3, -0.25) is 9.79 Å². The van der Waals surface area contributed by atoms with Gasteiger partial charge in [0.2, 0.25) is 0 Å². The number of guanidine groups is 1.